The quantitative estimate of drug-likeness (QED) is 0.793. The van der Waals surface area contributed by atoms with E-state index >= 15 is 0 Å². The SMILES string of the molecule is CCSCc1noc(CC2CNC2)n1. The van der Waals surface area contributed by atoms with Crippen LogP contribution in [0.3, 0.4) is 0 Å². The minimum Gasteiger partial charge on any atom is -0.339 e. The van der Waals surface area contributed by atoms with Crippen molar-refractivity contribution in [3.63, 3.8) is 0 Å². The zero-order chi connectivity index (χ0) is 9.80. The lowest BCUT2D eigenvalue weighted by Crippen LogP contribution is -2.43. The molecule has 0 bridgehead atoms. The maximum absolute atomic E-state index is 5.17. The first-order valence-corrected chi connectivity index (χ1v) is 6.14. The number of thioether (sulfide) groups is 1. The number of hydrogen-bond donors (Lipinski definition) is 1. The van der Waals surface area contributed by atoms with Crippen molar-refractivity contribution in [2.75, 3.05) is 18.8 Å². The molecule has 4 nitrogen and oxygen atoms in total. The largest absolute Gasteiger partial charge is 0.339 e. The number of rotatable bonds is 5. The van der Waals surface area contributed by atoms with Gasteiger partial charge in [-0.05, 0) is 24.8 Å². The van der Waals surface area contributed by atoms with Crippen LogP contribution in [0.25, 0.3) is 0 Å². The van der Waals surface area contributed by atoms with Gasteiger partial charge in [0.15, 0.2) is 5.82 Å². The van der Waals surface area contributed by atoms with E-state index in [4.69, 9.17) is 4.52 Å². The molecule has 1 aromatic rings. The Bertz CT molecular complexity index is 285. The van der Waals surface area contributed by atoms with Gasteiger partial charge in [0.25, 0.3) is 0 Å². The smallest absolute Gasteiger partial charge is 0.227 e. The van der Waals surface area contributed by atoms with Crippen LogP contribution in [-0.4, -0.2) is 29.0 Å². The molecule has 0 aliphatic carbocycles. The van der Waals surface area contributed by atoms with Gasteiger partial charge < -0.3 is 9.84 Å². The van der Waals surface area contributed by atoms with Crippen LogP contribution in [0, 0.1) is 5.92 Å². The first-order valence-electron chi connectivity index (χ1n) is 4.98. The average Bonchev–Trinajstić information content (AvgIpc) is 2.56. The van der Waals surface area contributed by atoms with Gasteiger partial charge >= 0.3 is 0 Å². The second-order valence-corrected chi connectivity index (χ2v) is 4.74. The van der Waals surface area contributed by atoms with E-state index in [1.165, 1.54) is 0 Å². The lowest BCUT2D eigenvalue weighted by Gasteiger charge is -2.25. The second kappa shape index (κ2) is 4.79. The number of nitrogens with one attached hydrogen (secondary N) is 1. The number of nitrogens with zero attached hydrogens (tertiary/aromatic N) is 2. The Morgan fingerprint density at radius 3 is 3.07 bits per heavy atom. The van der Waals surface area contributed by atoms with Crippen molar-refractivity contribution < 1.29 is 4.52 Å². The standard InChI is InChI=1S/C9H15N3OS/c1-2-14-6-8-11-9(13-12-8)3-7-4-10-5-7/h7,10H,2-6H2,1H3. The maximum Gasteiger partial charge on any atom is 0.227 e. The van der Waals surface area contributed by atoms with E-state index in [2.05, 4.69) is 22.4 Å². The Labute approximate surface area is 87.8 Å². The summed E-state index contributed by atoms with van der Waals surface area (Å²) < 4.78 is 5.17. The topological polar surface area (TPSA) is 51.0 Å². The van der Waals surface area contributed by atoms with Crippen LogP contribution < -0.4 is 5.32 Å². The van der Waals surface area contributed by atoms with Gasteiger partial charge in [-0.15, -0.1) is 0 Å². The molecule has 2 heterocycles. The third-order valence-electron chi connectivity index (χ3n) is 2.27. The molecule has 1 fully saturated rings. The van der Waals surface area contributed by atoms with E-state index in [9.17, 15) is 0 Å². The molecule has 78 valence electrons. The predicted octanol–water partition coefficient (Wildman–Crippen LogP) is 1.08. The molecule has 0 radical (unpaired) electrons. The van der Waals surface area contributed by atoms with E-state index in [0.29, 0.717) is 5.92 Å². The lowest BCUT2D eigenvalue weighted by atomic mass is 10.00. The van der Waals surface area contributed by atoms with E-state index in [1.807, 2.05) is 11.8 Å². The van der Waals surface area contributed by atoms with Crippen molar-refractivity contribution in [1.82, 2.24) is 15.5 Å². The molecule has 1 aliphatic heterocycles. The lowest BCUT2D eigenvalue weighted by molar-refractivity contribution is 0.295. The van der Waals surface area contributed by atoms with Crippen LogP contribution in [0.1, 0.15) is 18.6 Å². The summed E-state index contributed by atoms with van der Waals surface area (Å²) >= 11 is 1.82. The molecule has 0 spiro atoms. The molecule has 0 atom stereocenters. The van der Waals surface area contributed by atoms with Crippen molar-refractivity contribution >= 4 is 11.8 Å². The molecule has 14 heavy (non-hydrogen) atoms. The highest BCUT2D eigenvalue weighted by Gasteiger charge is 2.20. The summed E-state index contributed by atoms with van der Waals surface area (Å²) in [5.41, 5.74) is 0. The van der Waals surface area contributed by atoms with Crippen molar-refractivity contribution in [3.05, 3.63) is 11.7 Å². The Morgan fingerprint density at radius 1 is 1.57 bits per heavy atom. The average molecular weight is 213 g/mol. The summed E-state index contributed by atoms with van der Waals surface area (Å²) in [6.07, 6.45) is 0.927. The summed E-state index contributed by atoms with van der Waals surface area (Å²) in [6.45, 7) is 4.30. The van der Waals surface area contributed by atoms with Gasteiger partial charge in [-0.25, -0.2) is 0 Å². The van der Waals surface area contributed by atoms with E-state index < -0.39 is 0 Å². The molecule has 1 N–H and O–H groups in total. The van der Waals surface area contributed by atoms with Gasteiger partial charge in [0.05, 0.1) is 5.75 Å². The number of hydrogen-bond acceptors (Lipinski definition) is 5. The first-order chi connectivity index (χ1) is 6.88. The fourth-order valence-corrected chi connectivity index (χ4v) is 1.87. The molecule has 0 amide bonds. The fourth-order valence-electron chi connectivity index (χ4n) is 1.36. The van der Waals surface area contributed by atoms with Crippen molar-refractivity contribution in [3.8, 4) is 0 Å². The van der Waals surface area contributed by atoms with Crippen LogP contribution in [0.5, 0.6) is 0 Å². The predicted molar refractivity (Wildman–Crippen MR) is 56.2 cm³/mol. The molecule has 1 aromatic heterocycles. The minimum absolute atomic E-state index is 0.696. The van der Waals surface area contributed by atoms with Crippen molar-refractivity contribution in [2.24, 2.45) is 5.92 Å². The molecular formula is C9H15N3OS. The monoisotopic (exact) mass is 213 g/mol. The Kier molecular flexibility index (Phi) is 3.42. The second-order valence-electron chi connectivity index (χ2n) is 3.47. The zero-order valence-electron chi connectivity index (χ0n) is 8.32. The van der Waals surface area contributed by atoms with E-state index in [0.717, 1.165) is 42.7 Å². The van der Waals surface area contributed by atoms with Crippen molar-refractivity contribution in [1.29, 1.82) is 0 Å². The normalized spacial score (nSPS) is 16.9. The Hall–Kier alpha value is -0.550. The summed E-state index contributed by atoms with van der Waals surface area (Å²) in [4.78, 5) is 4.34. The van der Waals surface area contributed by atoms with Crippen LogP contribution in [0.2, 0.25) is 0 Å². The fraction of sp³-hybridized carbons (Fsp3) is 0.778. The number of aromatic nitrogens is 2. The maximum atomic E-state index is 5.17. The first kappa shape index (κ1) is 9.98. The minimum atomic E-state index is 0.696. The molecule has 2 rings (SSSR count). The third-order valence-corrected chi connectivity index (χ3v) is 3.15. The third kappa shape index (κ3) is 2.48. The molecule has 1 saturated heterocycles. The van der Waals surface area contributed by atoms with Gasteiger partial charge in [0, 0.05) is 6.42 Å². The summed E-state index contributed by atoms with van der Waals surface area (Å²) in [6, 6.07) is 0. The highest BCUT2D eigenvalue weighted by Crippen LogP contribution is 2.13. The summed E-state index contributed by atoms with van der Waals surface area (Å²) in [7, 11) is 0. The summed E-state index contributed by atoms with van der Waals surface area (Å²) in [5, 5.41) is 7.17. The van der Waals surface area contributed by atoms with Crippen LogP contribution in [0.15, 0.2) is 4.52 Å². The molecule has 1 aliphatic rings. The van der Waals surface area contributed by atoms with Gasteiger partial charge in [-0.3, -0.25) is 0 Å². The van der Waals surface area contributed by atoms with E-state index in [-0.39, 0.29) is 0 Å². The van der Waals surface area contributed by atoms with Crippen LogP contribution in [-0.2, 0) is 12.2 Å². The molecule has 0 unspecified atom stereocenters. The molecule has 0 aromatic carbocycles. The summed E-state index contributed by atoms with van der Waals surface area (Å²) in [5.74, 6) is 4.28. The van der Waals surface area contributed by atoms with Crippen LogP contribution in [0.4, 0.5) is 0 Å². The molecule has 0 saturated carbocycles. The molecular weight excluding hydrogens is 198 g/mol. The van der Waals surface area contributed by atoms with Crippen LogP contribution >= 0.6 is 11.8 Å². The Balaban J connectivity index is 1.82. The highest BCUT2D eigenvalue weighted by atomic mass is 32.2. The van der Waals surface area contributed by atoms with Gasteiger partial charge in [-0.2, -0.15) is 16.7 Å². The Morgan fingerprint density at radius 2 is 2.43 bits per heavy atom. The highest BCUT2D eigenvalue weighted by molar-refractivity contribution is 7.98. The van der Waals surface area contributed by atoms with Gasteiger partial charge in [0.1, 0.15) is 0 Å². The van der Waals surface area contributed by atoms with E-state index in [1.54, 1.807) is 0 Å². The van der Waals surface area contributed by atoms with Gasteiger partial charge in [0.2, 0.25) is 5.89 Å². The van der Waals surface area contributed by atoms with Crippen molar-refractivity contribution in [2.45, 2.75) is 19.1 Å². The zero-order valence-corrected chi connectivity index (χ0v) is 9.14. The molecule has 5 heteroatoms. The van der Waals surface area contributed by atoms with Gasteiger partial charge in [-0.1, -0.05) is 12.1 Å².